The number of aromatic nitrogens is 1. The van der Waals surface area contributed by atoms with Crippen molar-refractivity contribution in [2.24, 2.45) is 0 Å². The standard InChI is InChI=1S/C22H26Cl2N4OS/c23-15-4-5-18(24)17(12-15)22-25-19-6-7-26(13-20(19)30-22)14-21(29)28-10-8-27(9-11-28)16-2-1-3-16/h4-5,12,16H,1-3,6-11,13-14H2. The van der Waals surface area contributed by atoms with Crippen molar-refractivity contribution in [3.8, 4) is 10.6 Å². The van der Waals surface area contributed by atoms with Gasteiger partial charge in [0, 0.05) is 67.2 Å². The molecule has 3 heterocycles. The highest BCUT2D eigenvalue weighted by molar-refractivity contribution is 7.15. The van der Waals surface area contributed by atoms with E-state index in [4.69, 9.17) is 28.2 Å². The average Bonchev–Trinajstić information content (AvgIpc) is 3.12. The van der Waals surface area contributed by atoms with E-state index in [9.17, 15) is 4.79 Å². The Morgan fingerprint density at radius 2 is 1.93 bits per heavy atom. The number of benzene rings is 1. The second-order valence-electron chi connectivity index (χ2n) is 8.48. The van der Waals surface area contributed by atoms with Crippen LogP contribution in [0.15, 0.2) is 18.2 Å². The Bertz CT molecular complexity index is 937. The molecule has 1 aliphatic carbocycles. The molecule has 0 radical (unpaired) electrons. The Hall–Kier alpha value is -1.18. The number of thiazole rings is 1. The van der Waals surface area contributed by atoms with Gasteiger partial charge in [0.25, 0.3) is 0 Å². The van der Waals surface area contributed by atoms with Gasteiger partial charge in [-0.1, -0.05) is 29.6 Å². The van der Waals surface area contributed by atoms with Crippen molar-refractivity contribution in [2.45, 2.75) is 38.3 Å². The van der Waals surface area contributed by atoms with Crippen molar-refractivity contribution >= 4 is 40.4 Å². The van der Waals surface area contributed by atoms with Crippen molar-refractivity contribution in [3.05, 3.63) is 38.8 Å². The van der Waals surface area contributed by atoms with Crippen LogP contribution in [0.2, 0.25) is 10.0 Å². The van der Waals surface area contributed by atoms with Crippen molar-refractivity contribution in [1.82, 2.24) is 19.7 Å². The van der Waals surface area contributed by atoms with Gasteiger partial charge in [-0.3, -0.25) is 14.6 Å². The predicted molar refractivity (Wildman–Crippen MR) is 122 cm³/mol. The summed E-state index contributed by atoms with van der Waals surface area (Å²) >= 11 is 14.2. The molecule has 3 aliphatic rings. The second kappa shape index (κ2) is 8.75. The molecule has 1 amide bonds. The summed E-state index contributed by atoms with van der Waals surface area (Å²) in [4.78, 5) is 25.8. The Morgan fingerprint density at radius 3 is 2.67 bits per heavy atom. The summed E-state index contributed by atoms with van der Waals surface area (Å²) in [7, 11) is 0. The molecule has 30 heavy (non-hydrogen) atoms. The van der Waals surface area contributed by atoms with E-state index in [-0.39, 0.29) is 5.91 Å². The lowest BCUT2D eigenvalue weighted by Crippen LogP contribution is -2.55. The van der Waals surface area contributed by atoms with Gasteiger partial charge in [0.1, 0.15) is 5.01 Å². The van der Waals surface area contributed by atoms with Gasteiger partial charge in [0.05, 0.1) is 17.3 Å². The minimum absolute atomic E-state index is 0.259. The molecule has 1 aromatic heterocycles. The molecule has 8 heteroatoms. The number of piperazine rings is 1. The Morgan fingerprint density at radius 1 is 1.13 bits per heavy atom. The molecule has 0 N–H and O–H groups in total. The zero-order valence-electron chi connectivity index (χ0n) is 16.9. The van der Waals surface area contributed by atoms with Crippen LogP contribution in [0.3, 0.4) is 0 Å². The van der Waals surface area contributed by atoms with Crippen LogP contribution in [-0.2, 0) is 17.8 Å². The van der Waals surface area contributed by atoms with Crippen LogP contribution in [0.4, 0.5) is 0 Å². The molecule has 1 saturated carbocycles. The maximum atomic E-state index is 12.9. The number of hydrogen-bond donors (Lipinski definition) is 0. The highest BCUT2D eigenvalue weighted by atomic mass is 35.5. The molecule has 5 rings (SSSR count). The molecule has 5 nitrogen and oxygen atoms in total. The van der Waals surface area contributed by atoms with Gasteiger partial charge in [-0.2, -0.15) is 0 Å². The Labute approximate surface area is 191 Å². The van der Waals surface area contributed by atoms with E-state index in [0.29, 0.717) is 16.6 Å². The first-order valence-electron chi connectivity index (χ1n) is 10.7. The Kier molecular flexibility index (Phi) is 6.04. The molecule has 160 valence electrons. The highest BCUT2D eigenvalue weighted by Crippen LogP contribution is 2.36. The van der Waals surface area contributed by atoms with E-state index in [2.05, 4.69) is 14.7 Å². The maximum absolute atomic E-state index is 12.9. The molecule has 1 saturated heterocycles. The van der Waals surface area contributed by atoms with Gasteiger partial charge in [-0.25, -0.2) is 4.98 Å². The van der Waals surface area contributed by atoms with Crippen LogP contribution >= 0.6 is 34.5 Å². The topological polar surface area (TPSA) is 39.7 Å². The number of carbonyl (C=O) groups excluding carboxylic acids is 1. The summed E-state index contributed by atoms with van der Waals surface area (Å²) < 4.78 is 0. The quantitative estimate of drug-likeness (QED) is 0.680. The molecule has 0 atom stereocenters. The SMILES string of the molecule is O=C(CN1CCc2nc(-c3cc(Cl)ccc3Cl)sc2C1)N1CCN(C2CCC2)CC1. The van der Waals surface area contributed by atoms with Crippen molar-refractivity contribution in [1.29, 1.82) is 0 Å². The summed E-state index contributed by atoms with van der Waals surface area (Å²) in [5.74, 6) is 0.259. The average molecular weight is 465 g/mol. The lowest BCUT2D eigenvalue weighted by molar-refractivity contribution is -0.135. The minimum atomic E-state index is 0.259. The molecular weight excluding hydrogens is 439 g/mol. The van der Waals surface area contributed by atoms with Crippen LogP contribution in [0.1, 0.15) is 29.8 Å². The first-order valence-corrected chi connectivity index (χ1v) is 12.3. The first kappa shape index (κ1) is 20.7. The molecule has 0 bridgehead atoms. The lowest BCUT2D eigenvalue weighted by Gasteiger charge is -2.43. The largest absolute Gasteiger partial charge is 0.339 e. The smallest absolute Gasteiger partial charge is 0.236 e. The molecular formula is C22H26Cl2N4OS. The van der Waals surface area contributed by atoms with E-state index < -0.39 is 0 Å². The predicted octanol–water partition coefficient (Wildman–Crippen LogP) is 4.17. The monoisotopic (exact) mass is 464 g/mol. The number of fused-ring (bicyclic) bond motifs is 1. The van der Waals surface area contributed by atoms with Crippen molar-refractivity contribution < 1.29 is 4.79 Å². The maximum Gasteiger partial charge on any atom is 0.236 e. The van der Waals surface area contributed by atoms with Crippen LogP contribution in [0.25, 0.3) is 10.6 Å². The fourth-order valence-corrected chi connectivity index (χ4v) is 6.16. The third-order valence-electron chi connectivity index (χ3n) is 6.59. The van der Waals surface area contributed by atoms with Gasteiger partial charge >= 0.3 is 0 Å². The Balaban J connectivity index is 1.19. The van der Waals surface area contributed by atoms with E-state index in [1.807, 2.05) is 12.1 Å². The summed E-state index contributed by atoms with van der Waals surface area (Å²) in [6, 6.07) is 6.25. The summed E-state index contributed by atoms with van der Waals surface area (Å²) in [6.45, 7) is 5.93. The third-order valence-corrected chi connectivity index (χ3v) is 8.27. The van der Waals surface area contributed by atoms with Crippen molar-refractivity contribution in [3.63, 3.8) is 0 Å². The molecule has 2 aliphatic heterocycles. The van der Waals surface area contributed by atoms with E-state index in [0.717, 1.165) is 68.0 Å². The number of halogens is 2. The minimum Gasteiger partial charge on any atom is -0.339 e. The van der Waals surface area contributed by atoms with Gasteiger partial charge in [0.2, 0.25) is 5.91 Å². The van der Waals surface area contributed by atoms with E-state index in [1.54, 1.807) is 17.4 Å². The van der Waals surface area contributed by atoms with Crippen LogP contribution in [0, 0.1) is 0 Å². The highest BCUT2D eigenvalue weighted by Gasteiger charge is 2.30. The molecule has 1 aromatic carbocycles. The van der Waals surface area contributed by atoms with Crippen LogP contribution in [-0.4, -0.2) is 70.9 Å². The number of carbonyl (C=O) groups is 1. The van der Waals surface area contributed by atoms with E-state index in [1.165, 1.54) is 24.1 Å². The number of hydrogen-bond acceptors (Lipinski definition) is 5. The molecule has 0 spiro atoms. The van der Waals surface area contributed by atoms with Crippen LogP contribution in [0.5, 0.6) is 0 Å². The summed E-state index contributed by atoms with van der Waals surface area (Å²) in [6.07, 6.45) is 4.90. The van der Waals surface area contributed by atoms with Gasteiger partial charge in [-0.15, -0.1) is 11.3 Å². The van der Waals surface area contributed by atoms with Crippen LogP contribution < -0.4 is 0 Å². The van der Waals surface area contributed by atoms with Gasteiger partial charge in [-0.05, 0) is 31.0 Å². The lowest BCUT2D eigenvalue weighted by atomic mass is 9.91. The zero-order chi connectivity index (χ0) is 20.7. The number of amides is 1. The second-order valence-corrected chi connectivity index (χ2v) is 10.4. The number of rotatable bonds is 4. The molecule has 0 unspecified atom stereocenters. The number of nitrogens with zero attached hydrogens (tertiary/aromatic N) is 4. The van der Waals surface area contributed by atoms with Gasteiger partial charge in [0.15, 0.2) is 0 Å². The summed E-state index contributed by atoms with van der Waals surface area (Å²) in [5, 5.41) is 2.23. The molecule has 2 aromatic rings. The van der Waals surface area contributed by atoms with E-state index >= 15 is 0 Å². The fraction of sp³-hybridized carbons (Fsp3) is 0.545. The van der Waals surface area contributed by atoms with Crippen molar-refractivity contribution in [2.75, 3.05) is 39.3 Å². The third kappa shape index (κ3) is 4.26. The van der Waals surface area contributed by atoms with Gasteiger partial charge < -0.3 is 4.90 Å². The molecule has 2 fully saturated rings. The normalized spacial score (nSPS) is 20.8. The fourth-order valence-electron chi connectivity index (χ4n) is 4.54. The summed E-state index contributed by atoms with van der Waals surface area (Å²) in [5.41, 5.74) is 2.01. The first-order chi connectivity index (χ1) is 14.6. The zero-order valence-corrected chi connectivity index (χ0v) is 19.3.